The Bertz CT molecular complexity index is 488. The molecule has 0 saturated heterocycles. The first-order valence-corrected chi connectivity index (χ1v) is 5.07. The fourth-order valence-electron chi connectivity index (χ4n) is 1.26. The molecule has 76 valence electrons. The number of H-pyrrole nitrogens is 1. The van der Waals surface area contributed by atoms with Gasteiger partial charge in [0.05, 0.1) is 5.69 Å². The van der Waals surface area contributed by atoms with Crippen molar-refractivity contribution >= 4 is 29.0 Å². The average molecular weight is 240 g/mol. The van der Waals surface area contributed by atoms with Crippen molar-refractivity contribution < 1.29 is 4.79 Å². The van der Waals surface area contributed by atoms with Gasteiger partial charge in [0.15, 0.2) is 0 Å². The fraction of sp³-hybridized carbons (Fsp3) is 0. The summed E-state index contributed by atoms with van der Waals surface area (Å²) in [5.41, 5.74) is 1.06. The zero-order valence-electron chi connectivity index (χ0n) is 7.63. The number of carbonyl (C=O) groups is 1. The van der Waals surface area contributed by atoms with E-state index in [0.29, 0.717) is 21.4 Å². The summed E-state index contributed by atoms with van der Waals surface area (Å²) >= 11 is 11.4. The lowest BCUT2D eigenvalue weighted by Gasteiger charge is -1.98. The Balaban J connectivity index is 2.32. The topological polar surface area (TPSA) is 32.9 Å². The van der Waals surface area contributed by atoms with E-state index in [4.69, 9.17) is 23.2 Å². The van der Waals surface area contributed by atoms with Crippen LogP contribution in [0.3, 0.4) is 0 Å². The minimum absolute atomic E-state index is 0.0985. The lowest BCUT2D eigenvalue weighted by Crippen LogP contribution is -2.00. The molecular formula is C11H7Cl2NO. The average Bonchev–Trinajstić information content (AvgIpc) is 2.65. The molecule has 0 fully saturated rings. The van der Waals surface area contributed by atoms with Crippen molar-refractivity contribution in [3.63, 3.8) is 0 Å². The van der Waals surface area contributed by atoms with Crippen LogP contribution in [0.1, 0.15) is 16.1 Å². The van der Waals surface area contributed by atoms with E-state index in [2.05, 4.69) is 4.98 Å². The first-order chi connectivity index (χ1) is 7.16. The van der Waals surface area contributed by atoms with E-state index in [9.17, 15) is 4.79 Å². The molecule has 0 unspecified atom stereocenters. The number of hydrogen-bond acceptors (Lipinski definition) is 1. The first-order valence-electron chi connectivity index (χ1n) is 4.31. The van der Waals surface area contributed by atoms with Crippen LogP contribution in [0.5, 0.6) is 0 Å². The normalized spacial score (nSPS) is 10.3. The minimum Gasteiger partial charge on any atom is -0.343 e. The van der Waals surface area contributed by atoms with Crippen LogP contribution < -0.4 is 0 Å². The monoisotopic (exact) mass is 239 g/mol. The highest BCUT2D eigenvalue weighted by atomic mass is 35.5. The van der Waals surface area contributed by atoms with Crippen molar-refractivity contribution in [1.29, 1.82) is 0 Å². The molecule has 1 aromatic heterocycles. The number of rotatable bonds is 2. The molecule has 1 aromatic carbocycles. The lowest BCUT2D eigenvalue weighted by molar-refractivity contribution is 0.103. The largest absolute Gasteiger partial charge is 0.343 e. The summed E-state index contributed by atoms with van der Waals surface area (Å²) in [6.45, 7) is 0. The van der Waals surface area contributed by atoms with E-state index in [0.717, 1.165) is 0 Å². The highest BCUT2D eigenvalue weighted by Gasteiger charge is 2.10. The van der Waals surface area contributed by atoms with E-state index in [1.807, 2.05) is 0 Å². The van der Waals surface area contributed by atoms with E-state index < -0.39 is 0 Å². The van der Waals surface area contributed by atoms with E-state index >= 15 is 0 Å². The standard InChI is InChI=1S/C11H7Cl2NO/c12-8-3-1-7(2-4-8)11(15)9-5-6-10(13)14-9/h1-6,14H. The van der Waals surface area contributed by atoms with E-state index in [-0.39, 0.29) is 5.78 Å². The number of ketones is 1. The smallest absolute Gasteiger partial charge is 0.209 e. The third-order valence-corrected chi connectivity index (χ3v) is 2.47. The summed E-state index contributed by atoms with van der Waals surface area (Å²) in [5, 5.41) is 1.06. The van der Waals surface area contributed by atoms with Gasteiger partial charge in [-0.25, -0.2) is 0 Å². The summed E-state index contributed by atoms with van der Waals surface area (Å²) in [4.78, 5) is 14.6. The van der Waals surface area contributed by atoms with Gasteiger partial charge in [-0.15, -0.1) is 0 Å². The molecule has 0 atom stereocenters. The first kappa shape index (κ1) is 10.3. The fourth-order valence-corrected chi connectivity index (χ4v) is 1.55. The summed E-state index contributed by atoms with van der Waals surface area (Å²) in [6, 6.07) is 10.0. The van der Waals surface area contributed by atoms with Gasteiger partial charge in [0.2, 0.25) is 5.78 Å². The predicted octanol–water partition coefficient (Wildman–Crippen LogP) is 3.55. The van der Waals surface area contributed by atoms with Crippen molar-refractivity contribution in [1.82, 2.24) is 4.98 Å². The summed E-state index contributed by atoms with van der Waals surface area (Å²) < 4.78 is 0. The number of benzene rings is 1. The Morgan fingerprint density at radius 1 is 1.00 bits per heavy atom. The van der Waals surface area contributed by atoms with Crippen molar-refractivity contribution in [3.05, 3.63) is 57.8 Å². The van der Waals surface area contributed by atoms with Gasteiger partial charge in [-0.2, -0.15) is 0 Å². The molecule has 2 nitrogen and oxygen atoms in total. The van der Waals surface area contributed by atoms with Gasteiger partial charge >= 0.3 is 0 Å². The lowest BCUT2D eigenvalue weighted by atomic mass is 10.1. The van der Waals surface area contributed by atoms with Crippen LogP contribution >= 0.6 is 23.2 Å². The van der Waals surface area contributed by atoms with Gasteiger partial charge in [0.25, 0.3) is 0 Å². The molecule has 0 aliphatic heterocycles. The number of hydrogen-bond donors (Lipinski definition) is 1. The van der Waals surface area contributed by atoms with E-state index in [1.54, 1.807) is 36.4 Å². The summed E-state index contributed by atoms with van der Waals surface area (Å²) in [6.07, 6.45) is 0. The zero-order chi connectivity index (χ0) is 10.8. The number of halogens is 2. The highest BCUT2D eigenvalue weighted by molar-refractivity contribution is 6.31. The van der Waals surface area contributed by atoms with Crippen LogP contribution in [-0.4, -0.2) is 10.8 Å². The second kappa shape index (κ2) is 4.09. The predicted molar refractivity (Wildman–Crippen MR) is 60.7 cm³/mol. The molecule has 0 aliphatic carbocycles. The molecule has 0 spiro atoms. The number of aromatic amines is 1. The van der Waals surface area contributed by atoms with Gasteiger partial charge in [-0.1, -0.05) is 23.2 Å². The van der Waals surface area contributed by atoms with Crippen LogP contribution in [0, 0.1) is 0 Å². The van der Waals surface area contributed by atoms with E-state index in [1.165, 1.54) is 0 Å². The molecule has 0 bridgehead atoms. The molecule has 0 aliphatic rings. The number of nitrogens with one attached hydrogen (secondary N) is 1. The maximum atomic E-state index is 11.8. The maximum Gasteiger partial charge on any atom is 0.209 e. The zero-order valence-corrected chi connectivity index (χ0v) is 9.14. The maximum absolute atomic E-state index is 11.8. The Kier molecular flexibility index (Phi) is 2.80. The van der Waals surface area contributed by atoms with Gasteiger partial charge in [-0.3, -0.25) is 4.79 Å². The quantitative estimate of drug-likeness (QED) is 0.800. The molecule has 1 N–H and O–H groups in total. The molecule has 2 aromatic rings. The molecule has 0 amide bonds. The van der Waals surface area contributed by atoms with Crippen molar-refractivity contribution in [3.8, 4) is 0 Å². The Hall–Kier alpha value is -1.25. The second-order valence-electron chi connectivity index (χ2n) is 3.06. The van der Waals surface area contributed by atoms with Gasteiger partial charge in [0.1, 0.15) is 5.15 Å². The number of carbonyl (C=O) groups excluding carboxylic acids is 1. The van der Waals surface area contributed by atoms with Crippen molar-refractivity contribution in [2.24, 2.45) is 0 Å². The van der Waals surface area contributed by atoms with Gasteiger partial charge in [-0.05, 0) is 36.4 Å². The van der Waals surface area contributed by atoms with Crippen molar-refractivity contribution in [2.45, 2.75) is 0 Å². The molecule has 1 heterocycles. The minimum atomic E-state index is -0.0985. The van der Waals surface area contributed by atoms with Crippen LogP contribution in [0.4, 0.5) is 0 Å². The molecule has 0 radical (unpaired) electrons. The van der Waals surface area contributed by atoms with Crippen LogP contribution in [0.15, 0.2) is 36.4 Å². The van der Waals surface area contributed by atoms with Gasteiger partial charge in [0, 0.05) is 10.6 Å². The third-order valence-electron chi connectivity index (χ3n) is 2.00. The Labute approximate surface area is 96.8 Å². The van der Waals surface area contributed by atoms with Crippen LogP contribution in [-0.2, 0) is 0 Å². The van der Waals surface area contributed by atoms with Crippen LogP contribution in [0.2, 0.25) is 10.2 Å². The second-order valence-corrected chi connectivity index (χ2v) is 3.90. The Morgan fingerprint density at radius 2 is 1.67 bits per heavy atom. The summed E-state index contributed by atoms with van der Waals surface area (Å²) in [5.74, 6) is -0.0985. The molecule has 2 rings (SSSR count). The molecular weight excluding hydrogens is 233 g/mol. The molecule has 0 saturated carbocycles. The summed E-state index contributed by atoms with van der Waals surface area (Å²) in [7, 11) is 0. The third kappa shape index (κ3) is 2.22. The van der Waals surface area contributed by atoms with Crippen molar-refractivity contribution in [2.75, 3.05) is 0 Å². The molecule has 4 heteroatoms. The van der Waals surface area contributed by atoms with Gasteiger partial charge < -0.3 is 4.98 Å². The Morgan fingerprint density at radius 3 is 2.20 bits per heavy atom. The number of aromatic nitrogens is 1. The highest BCUT2D eigenvalue weighted by Crippen LogP contribution is 2.15. The molecule has 15 heavy (non-hydrogen) atoms. The SMILES string of the molecule is O=C(c1ccc(Cl)cc1)c1ccc(Cl)[nH]1. The van der Waals surface area contributed by atoms with Crippen LogP contribution in [0.25, 0.3) is 0 Å².